The molecule has 0 unspecified atom stereocenters. The number of hydrogen-bond donors (Lipinski definition) is 0. The number of aromatic nitrogens is 2. The van der Waals surface area contributed by atoms with Gasteiger partial charge < -0.3 is 0 Å². The zero-order valence-electron chi connectivity index (χ0n) is 6.32. The first kappa shape index (κ1) is 7.22. The Morgan fingerprint density at radius 1 is 1.58 bits per heavy atom. The molecule has 0 aliphatic heterocycles. The lowest BCUT2D eigenvalue weighted by Gasteiger charge is -1.99. The highest BCUT2D eigenvalue weighted by Crippen LogP contribution is 2.20. The van der Waals surface area contributed by atoms with Crippen LogP contribution in [-0.2, 0) is 11.2 Å². The second kappa shape index (κ2) is 2.55. The van der Waals surface area contributed by atoms with E-state index in [9.17, 15) is 4.79 Å². The zero-order chi connectivity index (χ0) is 8.55. The van der Waals surface area contributed by atoms with E-state index in [-0.39, 0.29) is 0 Å². The van der Waals surface area contributed by atoms with Gasteiger partial charge in [-0.2, -0.15) is 0 Å². The minimum atomic E-state index is 0.350. The Labute approximate surface area is 70.9 Å². The van der Waals surface area contributed by atoms with Crippen LogP contribution >= 0.6 is 0 Å². The quantitative estimate of drug-likeness (QED) is 0.403. The second-order valence-electron chi connectivity index (χ2n) is 2.57. The molecule has 0 saturated carbocycles. The molecule has 12 heavy (non-hydrogen) atoms. The zero-order valence-corrected chi connectivity index (χ0v) is 6.32. The maximum atomic E-state index is 10.5. The molecule has 3 nitrogen and oxygen atoms in total. The lowest BCUT2D eigenvalue weighted by molar-refractivity contribution is -0.103. The van der Waals surface area contributed by atoms with Crippen molar-refractivity contribution in [2.24, 2.45) is 0 Å². The number of fused-ring (bicyclic) bond motifs is 1. The number of carbonyl (C=O) groups excluding carboxylic acids is 1. The Bertz CT molecular complexity index is 373. The Morgan fingerprint density at radius 3 is 3.17 bits per heavy atom. The molecule has 0 amide bonds. The topological polar surface area (TPSA) is 42.9 Å². The normalized spacial score (nSPS) is 13.8. The van der Waals surface area contributed by atoms with Crippen molar-refractivity contribution in [2.75, 3.05) is 0 Å². The molecule has 1 heterocycles. The second-order valence-corrected chi connectivity index (χ2v) is 2.57. The first-order valence-electron chi connectivity index (χ1n) is 3.58. The molecule has 2 rings (SSSR count). The summed E-state index contributed by atoms with van der Waals surface area (Å²) in [5, 5.41) is 0. The fourth-order valence-corrected chi connectivity index (χ4v) is 1.22. The Balaban J connectivity index is 2.57. The highest BCUT2D eigenvalue weighted by molar-refractivity contribution is 6.30. The smallest absolute Gasteiger partial charge is 0.151 e. The van der Waals surface area contributed by atoms with Gasteiger partial charge in [-0.3, -0.25) is 14.8 Å². The predicted molar refractivity (Wildman–Crippen MR) is 45.2 cm³/mol. The van der Waals surface area contributed by atoms with E-state index in [0.29, 0.717) is 23.3 Å². The highest BCUT2D eigenvalue weighted by atomic mass is 16.1. The van der Waals surface area contributed by atoms with Crippen molar-refractivity contribution >= 4 is 25.3 Å². The van der Waals surface area contributed by atoms with Crippen molar-refractivity contribution in [1.82, 2.24) is 9.97 Å². The van der Waals surface area contributed by atoms with Crippen LogP contribution in [0.3, 0.4) is 0 Å². The molecule has 1 aliphatic carbocycles. The van der Waals surface area contributed by atoms with Crippen LogP contribution < -0.4 is 5.59 Å². The van der Waals surface area contributed by atoms with E-state index >= 15 is 0 Å². The fourth-order valence-electron chi connectivity index (χ4n) is 1.22. The molecule has 1 aromatic heterocycles. The third-order valence-electron chi connectivity index (χ3n) is 1.78. The molecule has 0 atom stereocenters. The molecule has 2 radical (unpaired) electrons. The van der Waals surface area contributed by atoms with E-state index in [1.807, 2.05) is 0 Å². The molecule has 0 aromatic carbocycles. The minimum absolute atomic E-state index is 0.350. The highest BCUT2D eigenvalue weighted by Gasteiger charge is 2.15. The van der Waals surface area contributed by atoms with Gasteiger partial charge in [0.1, 0.15) is 7.85 Å². The average molecular weight is 156 g/mol. The van der Waals surface area contributed by atoms with Crippen molar-refractivity contribution in [3.63, 3.8) is 0 Å². The third-order valence-corrected chi connectivity index (χ3v) is 1.78. The van der Waals surface area contributed by atoms with Gasteiger partial charge >= 0.3 is 0 Å². The molecule has 0 fully saturated rings. The number of allylic oxidation sites excluding steroid dienone is 2. The fraction of sp³-hybridized carbons (Fsp3) is 0.125. The van der Waals surface area contributed by atoms with Gasteiger partial charge in [0, 0.05) is 23.8 Å². The molecular weight excluding hydrogens is 151 g/mol. The third kappa shape index (κ3) is 0.960. The van der Waals surface area contributed by atoms with Crippen LogP contribution in [0.1, 0.15) is 11.4 Å². The number of carbonyl (C=O) groups is 1. The van der Waals surface area contributed by atoms with Crippen LogP contribution in [0.4, 0.5) is 0 Å². The van der Waals surface area contributed by atoms with Gasteiger partial charge in [0.2, 0.25) is 0 Å². The van der Waals surface area contributed by atoms with E-state index in [2.05, 4.69) is 9.97 Å². The number of aldehydes is 1. The molecule has 0 bridgehead atoms. The van der Waals surface area contributed by atoms with Crippen molar-refractivity contribution in [2.45, 2.75) is 6.42 Å². The van der Waals surface area contributed by atoms with Crippen molar-refractivity contribution < 1.29 is 4.79 Å². The van der Waals surface area contributed by atoms with E-state index in [1.54, 1.807) is 6.08 Å². The van der Waals surface area contributed by atoms with Crippen molar-refractivity contribution in [3.05, 3.63) is 23.7 Å². The van der Waals surface area contributed by atoms with E-state index in [0.717, 1.165) is 12.0 Å². The molecule has 1 aliphatic rings. The summed E-state index contributed by atoms with van der Waals surface area (Å²) < 4.78 is 0. The summed E-state index contributed by atoms with van der Waals surface area (Å²) in [4.78, 5) is 18.6. The van der Waals surface area contributed by atoms with Crippen LogP contribution in [0.2, 0.25) is 0 Å². The van der Waals surface area contributed by atoms with Gasteiger partial charge in [0.25, 0.3) is 0 Å². The van der Waals surface area contributed by atoms with Crippen molar-refractivity contribution in [1.29, 1.82) is 0 Å². The van der Waals surface area contributed by atoms with Crippen LogP contribution in [-0.4, -0.2) is 24.1 Å². The SMILES string of the molecule is [B]c1cnc2c(n1)C(C=O)=CC2. The summed E-state index contributed by atoms with van der Waals surface area (Å²) in [5.41, 5.74) is 2.39. The number of nitrogens with zero attached hydrogens (tertiary/aromatic N) is 2. The van der Waals surface area contributed by atoms with E-state index < -0.39 is 0 Å². The van der Waals surface area contributed by atoms with Gasteiger partial charge in [0.05, 0.1) is 11.4 Å². The van der Waals surface area contributed by atoms with Gasteiger partial charge in [0.15, 0.2) is 6.29 Å². The van der Waals surface area contributed by atoms with E-state index in [1.165, 1.54) is 6.20 Å². The van der Waals surface area contributed by atoms with Gasteiger partial charge in [-0.15, -0.1) is 0 Å². The van der Waals surface area contributed by atoms with Gasteiger partial charge in [-0.1, -0.05) is 6.08 Å². The molecule has 4 heteroatoms. The summed E-state index contributed by atoms with van der Waals surface area (Å²) in [5.74, 6) is 0. The van der Waals surface area contributed by atoms with Gasteiger partial charge in [-0.25, -0.2) is 0 Å². The summed E-state index contributed by atoms with van der Waals surface area (Å²) in [6.45, 7) is 0. The lowest BCUT2D eigenvalue weighted by Crippen LogP contribution is -2.12. The van der Waals surface area contributed by atoms with Crippen LogP contribution in [0.15, 0.2) is 12.3 Å². The Kier molecular flexibility index (Phi) is 1.53. The molecule has 1 aromatic rings. The summed E-state index contributed by atoms with van der Waals surface area (Å²) in [6, 6.07) is 0. The minimum Gasteiger partial charge on any atom is -0.298 e. The Hall–Kier alpha value is -1.45. The van der Waals surface area contributed by atoms with Crippen molar-refractivity contribution in [3.8, 4) is 0 Å². The van der Waals surface area contributed by atoms with Crippen LogP contribution in [0, 0.1) is 0 Å². The van der Waals surface area contributed by atoms with Gasteiger partial charge in [-0.05, 0) is 0 Å². The standard InChI is InChI=1S/C8H5BN2O/c9-7-3-10-6-2-1-5(4-12)8(6)11-7/h1,3-4H,2H2. The summed E-state index contributed by atoms with van der Waals surface area (Å²) >= 11 is 0. The summed E-state index contributed by atoms with van der Waals surface area (Å²) in [7, 11) is 5.43. The molecular formula is C8H5BN2O. The monoisotopic (exact) mass is 156 g/mol. The molecule has 0 N–H and O–H groups in total. The number of rotatable bonds is 1. The molecule has 0 spiro atoms. The average Bonchev–Trinajstić information content (AvgIpc) is 2.46. The predicted octanol–water partition coefficient (Wildman–Crippen LogP) is -0.591. The van der Waals surface area contributed by atoms with E-state index in [4.69, 9.17) is 7.85 Å². The maximum Gasteiger partial charge on any atom is 0.151 e. The summed E-state index contributed by atoms with van der Waals surface area (Å²) in [6.07, 6.45) is 4.76. The number of hydrogen-bond acceptors (Lipinski definition) is 3. The largest absolute Gasteiger partial charge is 0.298 e. The molecule has 56 valence electrons. The first-order chi connectivity index (χ1) is 5.81. The molecule has 0 saturated heterocycles. The van der Waals surface area contributed by atoms with Crippen LogP contribution in [0.25, 0.3) is 5.57 Å². The maximum absolute atomic E-state index is 10.5. The first-order valence-corrected chi connectivity index (χ1v) is 3.58. The lowest BCUT2D eigenvalue weighted by atomic mass is 10.1. The van der Waals surface area contributed by atoms with Crippen LogP contribution in [0.5, 0.6) is 0 Å². The Morgan fingerprint density at radius 2 is 2.42 bits per heavy atom.